The van der Waals surface area contributed by atoms with Gasteiger partial charge in [-0.25, -0.2) is 14.8 Å². The third-order valence-corrected chi connectivity index (χ3v) is 9.88. The van der Waals surface area contributed by atoms with Crippen LogP contribution < -0.4 is 14.8 Å². The largest absolute Gasteiger partial charge is 0.497 e. The van der Waals surface area contributed by atoms with Crippen LogP contribution in [0.2, 0.25) is 0 Å². The van der Waals surface area contributed by atoms with Crippen LogP contribution in [0.25, 0.3) is 11.0 Å². The first kappa shape index (κ1) is 33.9. The molecule has 2 aliphatic heterocycles. The Morgan fingerprint density at radius 2 is 1.74 bits per heavy atom. The highest BCUT2D eigenvalue weighted by atomic mass is 19.1. The van der Waals surface area contributed by atoms with Crippen molar-refractivity contribution in [2.45, 2.75) is 110 Å². The zero-order valence-corrected chi connectivity index (χ0v) is 27.8. The number of ether oxygens (including phenoxy) is 3. The summed E-state index contributed by atoms with van der Waals surface area (Å²) in [7, 11) is 1.58. The molecule has 1 aromatic heterocycles. The molecule has 1 saturated heterocycles. The molecule has 3 aliphatic rings. The van der Waals surface area contributed by atoms with Crippen LogP contribution in [-0.4, -0.2) is 77.3 Å². The molecule has 10 nitrogen and oxygen atoms in total. The van der Waals surface area contributed by atoms with Gasteiger partial charge in [0, 0.05) is 12.0 Å². The number of rotatable bonds is 5. The lowest BCUT2D eigenvalue weighted by Crippen LogP contribution is -2.55. The van der Waals surface area contributed by atoms with Crippen molar-refractivity contribution < 1.29 is 33.0 Å². The van der Waals surface area contributed by atoms with E-state index in [2.05, 4.69) is 5.32 Å². The molecular formula is C35H49FN4O6. The van der Waals surface area contributed by atoms with Gasteiger partial charge in [-0.05, 0) is 62.5 Å². The molecule has 0 spiro atoms. The Labute approximate surface area is 271 Å². The van der Waals surface area contributed by atoms with Crippen LogP contribution in [0.3, 0.4) is 0 Å². The minimum atomic E-state index is -1.05. The molecule has 0 radical (unpaired) electrons. The fraction of sp³-hybridized carbons (Fsp3) is 0.686. The van der Waals surface area contributed by atoms with Gasteiger partial charge >= 0.3 is 6.09 Å². The molecule has 46 heavy (non-hydrogen) atoms. The quantitative estimate of drug-likeness (QED) is 0.434. The first-order chi connectivity index (χ1) is 22.1. The molecule has 1 N–H and O–H groups in total. The summed E-state index contributed by atoms with van der Waals surface area (Å²) in [6.45, 7) is 6.25. The van der Waals surface area contributed by atoms with Crippen LogP contribution in [0.5, 0.6) is 11.6 Å². The minimum absolute atomic E-state index is 0.0293. The van der Waals surface area contributed by atoms with Gasteiger partial charge in [0.15, 0.2) is 5.78 Å². The zero-order chi connectivity index (χ0) is 33.0. The Bertz CT molecular complexity index is 1400. The van der Waals surface area contributed by atoms with E-state index in [9.17, 15) is 18.8 Å². The SMILES string of the molecule is COc1ccc2nc3c(nc2c1)OC1CN(C(=O)C(C(C)C)NC(=O)OC2CCCCC2CCCCC3)C(C(=O)C(C)C)C1CF. The van der Waals surface area contributed by atoms with Gasteiger partial charge in [0.25, 0.3) is 0 Å². The van der Waals surface area contributed by atoms with Crippen LogP contribution in [0.15, 0.2) is 18.2 Å². The van der Waals surface area contributed by atoms with Crippen molar-refractivity contribution >= 4 is 28.8 Å². The summed E-state index contributed by atoms with van der Waals surface area (Å²) in [5.74, 6) is -1.21. The number of carbonyl (C=O) groups excluding carboxylic acids is 3. The number of alkyl carbamates (subject to hydrolysis) is 1. The molecule has 1 aliphatic carbocycles. The predicted molar refractivity (Wildman–Crippen MR) is 171 cm³/mol. The topological polar surface area (TPSA) is 120 Å². The third-order valence-electron chi connectivity index (χ3n) is 9.88. The Morgan fingerprint density at radius 1 is 1.00 bits per heavy atom. The molecule has 1 saturated carbocycles. The minimum Gasteiger partial charge on any atom is -0.497 e. The number of carbonyl (C=O) groups is 3. The van der Waals surface area contributed by atoms with Gasteiger partial charge in [-0.3, -0.25) is 14.0 Å². The van der Waals surface area contributed by atoms with E-state index in [4.69, 9.17) is 24.2 Å². The second-order valence-electron chi connectivity index (χ2n) is 13.8. The monoisotopic (exact) mass is 640 g/mol. The molecule has 6 unspecified atom stereocenters. The van der Waals surface area contributed by atoms with Gasteiger partial charge in [-0.2, -0.15) is 0 Å². The van der Waals surface area contributed by atoms with Gasteiger partial charge in [0.05, 0.1) is 43.3 Å². The number of amides is 2. The lowest BCUT2D eigenvalue weighted by Gasteiger charge is -2.34. The second-order valence-corrected chi connectivity index (χ2v) is 13.8. The van der Waals surface area contributed by atoms with Crippen LogP contribution in [-0.2, 0) is 20.7 Å². The molecule has 252 valence electrons. The molecule has 3 heterocycles. The van der Waals surface area contributed by atoms with E-state index in [1.807, 2.05) is 26.0 Å². The highest BCUT2D eigenvalue weighted by Gasteiger charge is 2.51. The van der Waals surface area contributed by atoms with E-state index >= 15 is 0 Å². The lowest BCUT2D eigenvalue weighted by atomic mass is 9.83. The van der Waals surface area contributed by atoms with Crippen molar-refractivity contribution in [1.29, 1.82) is 0 Å². The summed E-state index contributed by atoms with van der Waals surface area (Å²) in [4.78, 5) is 52.3. The maximum atomic E-state index is 15.0. The number of fused-ring (bicyclic) bond motifs is 5. The molecular weight excluding hydrogens is 591 g/mol. The third kappa shape index (κ3) is 7.39. The van der Waals surface area contributed by atoms with E-state index in [-0.39, 0.29) is 36.1 Å². The molecule has 1 aromatic carbocycles. The summed E-state index contributed by atoms with van der Waals surface area (Å²) in [5.41, 5.74) is 1.93. The Morgan fingerprint density at radius 3 is 2.43 bits per heavy atom. The summed E-state index contributed by atoms with van der Waals surface area (Å²) in [6.07, 6.45) is 6.55. The van der Waals surface area contributed by atoms with Crippen molar-refractivity contribution in [3.63, 3.8) is 0 Å². The van der Waals surface area contributed by atoms with Gasteiger partial charge in [0.2, 0.25) is 11.8 Å². The van der Waals surface area contributed by atoms with E-state index in [0.717, 1.165) is 51.4 Å². The number of hydrogen-bond acceptors (Lipinski definition) is 8. The number of halogens is 1. The number of nitrogens with zero attached hydrogens (tertiary/aromatic N) is 3. The maximum absolute atomic E-state index is 15.0. The van der Waals surface area contributed by atoms with Crippen molar-refractivity contribution in [2.24, 2.45) is 23.7 Å². The number of nitrogens with one attached hydrogen (secondary N) is 1. The number of hydrogen-bond donors (Lipinski definition) is 1. The van der Waals surface area contributed by atoms with Crippen molar-refractivity contribution in [2.75, 3.05) is 20.3 Å². The van der Waals surface area contributed by atoms with Crippen LogP contribution >= 0.6 is 0 Å². The molecule has 2 amide bonds. The molecule has 11 heteroatoms. The Balaban J connectivity index is 1.55. The smallest absolute Gasteiger partial charge is 0.408 e. The number of aromatic nitrogens is 2. The van der Waals surface area contributed by atoms with Crippen molar-refractivity contribution in [1.82, 2.24) is 20.2 Å². The predicted octanol–water partition coefficient (Wildman–Crippen LogP) is 5.83. The lowest BCUT2D eigenvalue weighted by molar-refractivity contribution is -0.142. The molecule has 2 fully saturated rings. The molecule has 2 bridgehead atoms. The summed E-state index contributed by atoms with van der Waals surface area (Å²) in [5, 5.41) is 2.82. The van der Waals surface area contributed by atoms with E-state index in [0.29, 0.717) is 28.9 Å². The highest BCUT2D eigenvalue weighted by Crippen LogP contribution is 2.35. The normalized spacial score (nSPS) is 28.0. The molecule has 5 rings (SSSR count). The van der Waals surface area contributed by atoms with Gasteiger partial charge in [0.1, 0.15) is 29.7 Å². The average Bonchev–Trinajstić information content (AvgIpc) is 3.40. The number of alkyl halides is 1. The molecule has 6 atom stereocenters. The average molecular weight is 641 g/mol. The van der Waals surface area contributed by atoms with Crippen LogP contribution in [0, 0.1) is 23.7 Å². The standard InChI is InChI=1S/C35H49FN4O6/c1-20(2)30-34(42)40-19-29(24(18-36)31(40)32(41)21(3)4)45-33-26(37-25-16-15-23(44-5)17-27(25)38-33)13-8-6-7-11-22-12-9-10-14-28(22)46-35(43)39-30/h15-17,20-22,24,28-31H,6-14,18-19H2,1-5H3,(H,39,43). The molecule has 2 aromatic rings. The van der Waals surface area contributed by atoms with Crippen LogP contribution in [0.1, 0.15) is 84.8 Å². The Kier molecular flexibility index (Phi) is 11.0. The fourth-order valence-corrected chi connectivity index (χ4v) is 7.23. The number of benzene rings is 1. The van der Waals surface area contributed by atoms with E-state index in [1.54, 1.807) is 27.0 Å². The first-order valence-electron chi connectivity index (χ1n) is 17.0. The number of Topliss-reactive ketones (excluding diaryl/α,β-unsaturated/α-hetero) is 1. The van der Waals surface area contributed by atoms with Crippen molar-refractivity contribution in [3.8, 4) is 11.6 Å². The highest BCUT2D eigenvalue weighted by molar-refractivity contribution is 5.94. The van der Waals surface area contributed by atoms with Gasteiger partial charge < -0.3 is 24.4 Å². The fourth-order valence-electron chi connectivity index (χ4n) is 7.23. The maximum Gasteiger partial charge on any atom is 0.408 e. The summed E-state index contributed by atoms with van der Waals surface area (Å²) >= 11 is 0. The Hall–Kier alpha value is -3.50. The van der Waals surface area contributed by atoms with Crippen LogP contribution in [0.4, 0.5) is 9.18 Å². The van der Waals surface area contributed by atoms with Gasteiger partial charge in [-0.15, -0.1) is 0 Å². The van der Waals surface area contributed by atoms with Crippen molar-refractivity contribution in [3.05, 3.63) is 23.9 Å². The van der Waals surface area contributed by atoms with Gasteiger partial charge in [-0.1, -0.05) is 47.0 Å². The first-order valence-corrected chi connectivity index (χ1v) is 17.0. The number of ketones is 1. The van der Waals surface area contributed by atoms with E-state index < -0.39 is 48.7 Å². The second kappa shape index (κ2) is 14.9. The summed E-state index contributed by atoms with van der Waals surface area (Å²) in [6, 6.07) is 3.45. The van der Waals surface area contributed by atoms with E-state index in [1.165, 1.54) is 4.90 Å². The zero-order valence-electron chi connectivity index (χ0n) is 27.8. The number of methoxy groups -OCH3 is 1. The number of aryl methyl sites for hydroxylation is 1. The summed E-state index contributed by atoms with van der Waals surface area (Å²) < 4.78 is 32.9.